The van der Waals surface area contributed by atoms with Crippen LogP contribution in [0.15, 0.2) is 158 Å². The molecule has 0 N–H and O–H groups in total. The molecule has 0 atom stereocenters. The summed E-state index contributed by atoms with van der Waals surface area (Å²) in [5, 5.41) is 2.39. The van der Waals surface area contributed by atoms with E-state index in [0.29, 0.717) is 11.8 Å². The topological polar surface area (TPSA) is 48.1 Å². The molecule has 4 heterocycles. The number of anilines is 3. The minimum atomic E-state index is -0.304. The predicted molar refractivity (Wildman–Crippen MR) is 275 cm³/mol. The fraction of sp³-hybridized carbons (Fsp3) is 0.213. The number of rotatable bonds is 8. The number of benzene rings is 7. The number of fused-ring (bicyclic) bond motifs is 6. The van der Waals surface area contributed by atoms with Gasteiger partial charge in [-0.1, -0.05) is 170 Å². The minimum absolute atomic E-state index is 0. The van der Waals surface area contributed by atoms with Gasteiger partial charge in [0.1, 0.15) is 11.6 Å². The van der Waals surface area contributed by atoms with E-state index in [9.17, 15) is 0 Å². The summed E-state index contributed by atoms with van der Waals surface area (Å²) in [6, 6.07) is 58.9. The molecule has 0 aliphatic carbocycles. The molecule has 1 aliphatic heterocycles. The summed E-state index contributed by atoms with van der Waals surface area (Å²) in [5.74, 6) is 2.47. The van der Waals surface area contributed by atoms with Gasteiger partial charge in [-0.25, -0.2) is 9.97 Å². The van der Waals surface area contributed by atoms with Crippen molar-refractivity contribution in [2.45, 2.75) is 85.0 Å². The summed E-state index contributed by atoms with van der Waals surface area (Å²) in [5.41, 5.74) is 18.4. The van der Waals surface area contributed by atoms with Crippen molar-refractivity contribution < 1.29 is 21.1 Å². The molecule has 11 rings (SSSR count). The van der Waals surface area contributed by atoms with E-state index in [0.717, 1.165) is 73.0 Å². The van der Waals surface area contributed by atoms with Crippen LogP contribution in [0.5, 0.6) is 0 Å². The van der Waals surface area contributed by atoms with Crippen LogP contribution in [0.3, 0.4) is 0 Å². The van der Waals surface area contributed by atoms with Crippen molar-refractivity contribution in [3.63, 3.8) is 0 Å². The Balaban J connectivity index is 0.00000525. The van der Waals surface area contributed by atoms with E-state index in [1.54, 1.807) is 0 Å². The zero-order valence-corrected chi connectivity index (χ0v) is 42.0. The van der Waals surface area contributed by atoms with Gasteiger partial charge in [-0.3, -0.25) is 4.57 Å². The number of hydrogen-bond donors (Lipinski definition) is 0. The first-order valence-electron chi connectivity index (χ1n) is 23.4. The fourth-order valence-corrected chi connectivity index (χ4v) is 10.7. The van der Waals surface area contributed by atoms with Gasteiger partial charge in [0.2, 0.25) is 0 Å². The van der Waals surface area contributed by atoms with Gasteiger partial charge >= 0.3 is 21.1 Å². The SMILES string of the molecule is Cc1ccnc(N2c3[c-]c(-c4cccc5c4nc(-c4ccc(C(C)(C)c6ccccc6)c6c4[n-]c4cc(C(C)C)c(C(C)C)cc46)n5-c4ccccc4)ccc3C(C)(C)c3ccccc32)c1.[Pt+2]. The minimum Gasteiger partial charge on any atom is -0.656 e. The molecule has 334 valence electrons. The van der Waals surface area contributed by atoms with Crippen LogP contribution in [0.4, 0.5) is 17.2 Å². The molecule has 10 aromatic rings. The molecule has 3 aromatic heterocycles. The first kappa shape index (κ1) is 44.3. The number of pyridine rings is 1. The Morgan fingerprint density at radius 1 is 0.687 bits per heavy atom. The van der Waals surface area contributed by atoms with E-state index >= 15 is 0 Å². The summed E-state index contributed by atoms with van der Waals surface area (Å²) in [6.45, 7) is 20.6. The van der Waals surface area contributed by atoms with Crippen LogP contribution >= 0.6 is 0 Å². The van der Waals surface area contributed by atoms with E-state index in [1.807, 2.05) is 6.20 Å². The van der Waals surface area contributed by atoms with Crippen molar-refractivity contribution in [1.29, 1.82) is 0 Å². The summed E-state index contributed by atoms with van der Waals surface area (Å²) in [4.78, 5) is 18.6. The molecular formula is C61H55N5Pt. The molecular weight excluding hydrogens is 998 g/mol. The third-order valence-electron chi connectivity index (χ3n) is 14.3. The first-order chi connectivity index (χ1) is 31.8. The molecule has 5 nitrogen and oxygen atoms in total. The van der Waals surface area contributed by atoms with Crippen molar-refractivity contribution >= 4 is 50.0 Å². The number of para-hydroxylation sites is 3. The molecule has 0 unspecified atom stereocenters. The largest absolute Gasteiger partial charge is 2.00 e. The summed E-state index contributed by atoms with van der Waals surface area (Å²) in [6.07, 6.45) is 1.90. The van der Waals surface area contributed by atoms with Gasteiger partial charge in [-0.2, -0.15) is 0 Å². The molecule has 67 heavy (non-hydrogen) atoms. The molecule has 0 saturated carbocycles. The summed E-state index contributed by atoms with van der Waals surface area (Å²) < 4.78 is 2.33. The maximum absolute atomic E-state index is 5.74. The van der Waals surface area contributed by atoms with Crippen molar-refractivity contribution in [3.05, 3.63) is 203 Å². The Bertz CT molecular complexity index is 3500. The number of aromatic nitrogens is 4. The van der Waals surface area contributed by atoms with Crippen molar-refractivity contribution in [2.75, 3.05) is 4.90 Å². The monoisotopic (exact) mass is 1050 g/mol. The van der Waals surface area contributed by atoms with Gasteiger partial charge < -0.3 is 9.88 Å². The normalized spacial score (nSPS) is 13.4. The maximum atomic E-state index is 5.74. The van der Waals surface area contributed by atoms with Gasteiger partial charge in [0.05, 0.1) is 11.0 Å². The molecule has 6 heteroatoms. The van der Waals surface area contributed by atoms with E-state index in [1.165, 1.54) is 44.2 Å². The molecule has 0 saturated heterocycles. The average molecular weight is 1050 g/mol. The molecule has 1 aliphatic rings. The first-order valence-corrected chi connectivity index (χ1v) is 23.4. The Morgan fingerprint density at radius 3 is 2.12 bits per heavy atom. The standard InChI is InChI=1S/C61H55N5.Pt/c1-37(2)45-35-47-51(36-46(45)38(3)4)63-58-44(28-30-50(56(47)58)60(6,7)41-19-12-10-13-20-41)59-64-57-43(23-18-26-53(57)65(59)42-21-14-11-15-22-42)40-27-29-49-54(34-40)66(55-33-39(5)31-32-62-55)52-25-17-16-24-48(52)61(49,8)9;/h10-33,35-38H,1-9H3;/q-2;+2. The zero-order valence-electron chi connectivity index (χ0n) is 39.7. The summed E-state index contributed by atoms with van der Waals surface area (Å²) >= 11 is 0. The molecule has 0 radical (unpaired) electrons. The maximum Gasteiger partial charge on any atom is 2.00 e. The van der Waals surface area contributed by atoms with Crippen LogP contribution in [0.1, 0.15) is 106 Å². The van der Waals surface area contributed by atoms with Gasteiger partial charge in [0.25, 0.3) is 0 Å². The molecule has 0 spiro atoms. The zero-order chi connectivity index (χ0) is 45.6. The van der Waals surface area contributed by atoms with E-state index in [-0.39, 0.29) is 31.9 Å². The quantitative estimate of drug-likeness (QED) is 0.142. The van der Waals surface area contributed by atoms with E-state index < -0.39 is 0 Å². The predicted octanol–water partition coefficient (Wildman–Crippen LogP) is 15.8. The van der Waals surface area contributed by atoms with Crippen LogP contribution in [0, 0.1) is 13.0 Å². The van der Waals surface area contributed by atoms with Crippen molar-refractivity contribution in [3.8, 4) is 28.2 Å². The third kappa shape index (κ3) is 7.08. The molecule has 0 bridgehead atoms. The number of imidazole rings is 1. The van der Waals surface area contributed by atoms with E-state index in [2.05, 4.69) is 230 Å². The second-order valence-electron chi connectivity index (χ2n) is 19.9. The van der Waals surface area contributed by atoms with E-state index in [4.69, 9.17) is 15.0 Å². The number of aryl methyl sites for hydroxylation is 1. The van der Waals surface area contributed by atoms with Gasteiger partial charge in [-0.15, -0.1) is 34.8 Å². The van der Waals surface area contributed by atoms with Crippen LogP contribution in [-0.4, -0.2) is 14.5 Å². The number of hydrogen-bond acceptors (Lipinski definition) is 3. The molecule has 0 fully saturated rings. The second-order valence-corrected chi connectivity index (χ2v) is 19.9. The Kier molecular flexibility index (Phi) is 11.0. The van der Waals surface area contributed by atoms with Crippen molar-refractivity contribution in [2.24, 2.45) is 0 Å². The molecule has 0 amide bonds. The second kappa shape index (κ2) is 16.6. The van der Waals surface area contributed by atoms with Gasteiger partial charge in [0.15, 0.2) is 0 Å². The van der Waals surface area contributed by atoms with Crippen molar-refractivity contribution in [1.82, 2.24) is 19.5 Å². The average Bonchev–Trinajstić information content (AvgIpc) is 3.90. The Hall–Kier alpha value is -6.55. The third-order valence-corrected chi connectivity index (χ3v) is 14.3. The van der Waals surface area contributed by atoms with Crippen LogP contribution < -0.4 is 9.88 Å². The van der Waals surface area contributed by atoms with Crippen LogP contribution in [0.25, 0.3) is 61.0 Å². The van der Waals surface area contributed by atoms with Crippen LogP contribution in [-0.2, 0) is 31.9 Å². The van der Waals surface area contributed by atoms with Gasteiger partial charge in [-0.05, 0) is 110 Å². The fourth-order valence-electron chi connectivity index (χ4n) is 10.7. The molecule has 7 aromatic carbocycles. The smallest absolute Gasteiger partial charge is 0.656 e. The van der Waals surface area contributed by atoms with Crippen LogP contribution in [0.2, 0.25) is 0 Å². The van der Waals surface area contributed by atoms with Gasteiger partial charge in [0, 0.05) is 28.6 Å². The Labute approximate surface area is 409 Å². The Morgan fingerprint density at radius 2 is 1.39 bits per heavy atom. The number of nitrogens with zero attached hydrogens (tertiary/aromatic N) is 5. The summed E-state index contributed by atoms with van der Waals surface area (Å²) in [7, 11) is 0.